The highest BCUT2D eigenvalue weighted by Crippen LogP contribution is 2.44. The molecule has 0 fully saturated rings. The van der Waals surface area contributed by atoms with Crippen molar-refractivity contribution in [3.05, 3.63) is 95.6 Å². The Labute approximate surface area is 202 Å². The average molecular weight is 472 g/mol. The van der Waals surface area contributed by atoms with Gasteiger partial charge in [0.1, 0.15) is 12.4 Å². The van der Waals surface area contributed by atoms with Crippen molar-refractivity contribution in [2.45, 2.75) is 5.92 Å². The van der Waals surface area contributed by atoms with E-state index in [1.165, 1.54) is 25.3 Å². The number of hydrogen-bond acceptors (Lipinski definition) is 5. The van der Waals surface area contributed by atoms with Crippen molar-refractivity contribution in [3.63, 3.8) is 0 Å². The van der Waals surface area contributed by atoms with E-state index >= 15 is 0 Å². The Kier molecular flexibility index (Phi) is 7.11. The topological polar surface area (TPSA) is 114 Å². The Morgan fingerprint density at radius 3 is 2.26 bits per heavy atom. The second-order valence-corrected chi connectivity index (χ2v) is 7.81. The smallest absolute Gasteiger partial charge is 0.411 e. The van der Waals surface area contributed by atoms with Crippen molar-refractivity contribution < 1.29 is 29.0 Å². The lowest BCUT2D eigenvalue weighted by Crippen LogP contribution is -2.26. The largest absolute Gasteiger partial charge is 0.497 e. The fraction of sp³-hybridized carbons (Fsp3) is 0.148. The van der Waals surface area contributed by atoms with Gasteiger partial charge in [-0.15, -0.1) is 0 Å². The van der Waals surface area contributed by atoms with Gasteiger partial charge in [-0.05, 0) is 34.4 Å². The van der Waals surface area contributed by atoms with Crippen LogP contribution in [0, 0.1) is 0 Å². The molecule has 3 aromatic carbocycles. The predicted octanol–water partition coefficient (Wildman–Crippen LogP) is 4.43. The molecule has 8 heteroatoms. The zero-order valence-corrected chi connectivity index (χ0v) is 19.0. The first-order chi connectivity index (χ1) is 17.0. The van der Waals surface area contributed by atoms with Crippen molar-refractivity contribution >= 4 is 23.7 Å². The van der Waals surface area contributed by atoms with Gasteiger partial charge in [-0.2, -0.15) is 0 Å². The minimum atomic E-state index is -1.11. The molecule has 0 aromatic heterocycles. The van der Waals surface area contributed by atoms with Gasteiger partial charge < -0.3 is 19.9 Å². The lowest BCUT2D eigenvalue weighted by atomic mass is 9.98. The molecule has 0 saturated heterocycles. The van der Waals surface area contributed by atoms with E-state index in [0.717, 1.165) is 28.3 Å². The molecular weight excluding hydrogens is 448 g/mol. The minimum Gasteiger partial charge on any atom is -0.497 e. The van der Waals surface area contributed by atoms with Gasteiger partial charge in [-0.1, -0.05) is 54.6 Å². The van der Waals surface area contributed by atoms with E-state index in [9.17, 15) is 14.4 Å². The summed E-state index contributed by atoms with van der Waals surface area (Å²) in [6.07, 6.45) is 1.53. The Morgan fingerprint density at radius 2 is 1.63 bits per heavy atom. The summed E-state index contributed by atoms with van der Waals surface area (Å²) in [5.41, 5.74) is 4.83. The Hall–Kier alpha value is -4.59. The first-order valence-corrected chi connectivity index (χ1v) is 11.0. The van der Waals surface area contributed by atoms with E-state index in [2.05, 4.69) is 22.8 Å². The molecule has 2 amide bonds. The SMILES string of the molecule is COc1ccc(C(=O)NC/C=C/C(=O)O)c(NC(=O)OCC2c3ccccc3-c3ccccc32)c1. The second kappa shape index (κ2) is 10.6. The number of carboxylic acid groups (broad SMARTS) is 1. The molecule has 3 N–H and O–H groups in total. The lowest BCUT2D eigenvalue weighted by molar-refractivity contribution is -0.131. The molecule has 0 unspecified atom stereocenters. The third-order valence-corrected chi connectivity index (χ3v) is 5.69. The maximum absolute atomic E-state index is 12.7. The Bertz CT molecular complexity index is 1250. The number of amides is 2. The van der Waals surface area contributed by atoms with Crippen LogP contribution in [0.1, 0.15) is 27.4 Å². The molecule has 178 valence electrons. The summed E-state index contributed by atoms with van der Waals surface area (Å²) in [4.78, 5) is 35.9. The number of carboxylic acids is 1. The van der Waals surface area contributed by atoms with E-state index in [1.54, 1.807) is 6.07 Å². The van der Waals surface area contributed by atoms with Crippen LogP contribution in [0.5, 0.6) is 5.75 Å². The lowest BCUT2D eigenvalue weighted by Gasteiger charge is -2.16. The van der Waals surface area contributed by atoms with Gasteiger partial charge in [0, 0.05) is 24.6 Å². The number of carbonyl (C=O) groups is 3. The third-order valence-electron chi connectivity index (χ3n) is 5.69. The van der Waals surface area contributed by atoms with Gasteiger partial charge in [-0.25, -0.2) is 9.59 Å². The Balaban J connectivity index is 1.46. The molecule has 8 nitrogen and oxygen atoms in total. The zero-order chi connectivity index (χ0) is 24.8. The number of ether oxygens (including phenoxy) is 2. The quantitative estimate of drug-likeness (QED) is 0.418. The molecule has 0 bridgehead atoms. The number of hydrogen-bond donors (Lipinski definition) is 3. The van der Waals surface area contributed by atoms with E-state index in [-0.39, 0.29) is 30.3 Å². The summed E-state index contributed by atoms with van der Waals surface area (Å²) in [7, 11) is 1.48. The van der Waals surface area contributed by atoms with Crippen LogP contribution in [-0.2, 0) is 9.53 Å². The van der Waals surface area contributed by atoms with Gasteiger partial charge in [0.2, 0.25) is 0 Å². The number of aliphatic carboxylic acids is 1. The van der Waals surface area contributed by atoms with Crippen molar-refractivity contribution in [1.29, 1.82) is 0 Å². The molecule has 4 rings (SSSR count). The highest BCUT2D eigenvalue weighted by atomic mass is 16.5. The van der Waals surface area contributed by atoms with Crippen LogP contribution in [0.3, 0.4) is 0 Å². The van der Waals surface area contributed by atoms with Crippen molar-refractivity contribution in [3.8, 4) is 16.9 Å². The van der Waals surface area contributed by atoms with Gasteiger partial charge >= 0.3 is 12.1 Å². The van der Waals surface area contributed by atoms with Gasteiger partial charge in [0.05, 0.1) is 18.4 Å². The summed E-state index contributed by atoms with van der Waals surface area (Å²) in [6, 6.07) is 20.7. The molecule has 0 spiro atoms. The monoisotopic (exact) mass is 472 g/mol. The van der Waals surface area contributed by atoms with Crippen LogP contribution >= 0.6 is 0 Å². The fourth-order valence-electron chi connectivity index (χ4n) is 4.10. The molecule has 0 heterocycles. The number of fused-ring (bicyclic) bond motifs is 3. The average Bonchev–Trinajstić information content (AvgIpc) is 3.18. The molecule has 3 aromatic rings. The third kappa shape index (κ3) is 5.33. The van der Waals surface area contributed by atoms with Crippen LogP contribution < -0.4 is 15.4 Å². The van der Waals surface area contributed by atoms with Crippen molar-refractivity contribution in [1.82, 2.24) is 5.32 Å². The highest BCUT2D eigenvalue weighted by Gasteiger charge is 2.29. The summed E-state index contributed by atoms with van der Waals surface area (Å²) in [5, 5.41) is 13.9. The summed E-state index contributed by atoms with van der Waals surface area (Å²) < 4.78 is 10.8. The summed E-state index contributed by atoms with van der Waals surface area (Å²) in [5.74, 6) is -1.25. The Morgan fingerprint density at radius 1 is 0.971 bits per heavy atom. The van der Waals surface area contributed by atoms with E-state index < -0.39 is 18.0 Å². The number of methoxy groups -OCH3 is 1. The van der Waals surface area contributed by atoms with Crippen molar-refractivity contribution in [2.24, 2.45) is 0 Å². The maximum atomic E-state index is 12.7. The summed E-state index contributed by atoms with van der Waals surface area (Å²) in [6.45, 7) is 0.146. The number of carbonyl (C=O) groups excluding carboxylic acids is 2. The van der Waals surface area contributed by atoms with Crippen LogP contribution in [0.4, 0.5) is 10.5 Å². The predicted molar refractivity (Wildman–Crippen MR) is 131 cm³/mol. The number of nitrogens with one attached hydrogen (secondary N) is 2. The first kappa shape index (κ1) is 23.6. The van der Waals surface area contributed by atoms with E-state index in [0.29, 0.717) is 5.75 Å². The van der Waals surface area contributed by atoms with Gasteiger partial charge in [0.25, 0.3) is 5.91 Å². The molecular formula is C27H24N2O6. The molecule has 0 saturated carbocycles. The fourth-order valence-corrected chi connectivity index (χ4v) is 4.10. The van der Waals surface area contributed by atoms with Crippen LogP contribution in [0.15, 0.2) is 78.9 Å². The summed E-state index contributed by atoms with van der Waals surface area (Å²) >= 11 is 0. The number of anilines is 1. The van der Waals surface area contributed by atoms with Crippen LogP contribution in [-0.4, -0.2) is 43.3 Å². The van der Waals surface area contributed by atoms with Crippen molar-refractivity contribution in [2.75, 3.05) is 25.6 Å². The van der Waals surface area contributed by atoms with Crippen LogP contribution in [0.2, 0.25) is 0 Å². The normalized spacial score (nSPS) is 12.0. The van der Waals surface area contributed by atoms with Gasteiger partial charge in [-0.3, -0.25) is 10.1 Å². The molecule has 0 aliphatic heterocycles. The van der Waals surface area contributed by atoms with E-state index in [4.69, 9.17) is 14.6 Å². The second-order valence-electron chi connectivity index (χ2n) is 7.81. The standard InChI is InChI=1S/C27H24N2O6/c1-34-17-12-13-22(26(32)28-14-6-11-25(30)31)24(15-17)29-27(33)35-16-23-20-9-4-2-7-18(20)19-8-3-5-10-21(19)23/h2-13,15,23H,14,16H2,1H3,(H,28,32)(H,29,33)(H,30,31)/b11-6+. The molecule has 1 aliphatic carbocycles. The first-order valence-electron chi connectivity index (χ1n) is 11.0. The van der Waals surface area contributed by atoms with Gasteiger partial charge in [0.15, 0.2) is 0 Å². The van der Waals surface area contributed by atoms with Crippen LogP contribution in [0.25, 0.3) is 11.1 Å². The number of rotatable bonds is 8. The molecule has 1 aliphatic rings. The van der Waals surface area contributed by atoms with E-state index in [1.807, 2.05) is 36.4 Å². The molecule has 35 heavy (non-hydrogen) atoms. The maximum Gasteiger partial charge on any atom is 0.411 e. The molecule has 0 radical (unpaired) electrons. The molecule has 0 atom stereocenters. The zero-order valence-electron chi connectivity index (χ0n) is 19.0. The minimum absolute atomic E-state index is 0.0154. The number of benzene rings is 3. The highest BCUT2D eigenvalue weighted by molar-refractivity contribution is 6.03.